The zero-order valence-electron chi connectivity index (χ0n) is 17.5. The number of amides is 3. The molecule has 8 nitrogen and oxygen atoms in total. The van der Waals surface area contributed by atoms with Crippen LogP contribution in [0.4, 0.5) is 10.1 Å². The average molecular weight is 432 g/mol. The van der Waals surface area contributed by atoms with Gasteiger partial charge in [-0.2, -0.15) is 0 Å². The first-order chi connectivity index (χ1) is 14.8. The Labute approximate surface area is 180 Å². The number of nitrogens with one attached hydrogen (secondary N) is 2. The average Bonchev–Trinajstić information content (AvgIpc) is 2.75. The highest BCUT2D eigenvalue weighted by Gasteiger charge is 2.37. The first-order valence-corrected chi connectivity index (χ1v) is 10.9. The predicted molar refractivity (Wildman–Crippen MR) is 112 cm³/mol. The molecule has 0 radical (unpaired) electrons. The molecule has 0 saturated carbocycles. The Balaban J connectivity index is 1.36. The van der Waals surface area contributed by atoms with E-state index >= 15 is 0 Å². The maximum absolute atomic E-state index is 14.9. The highest BCUT2D eigenvalue weighted by molar-refractivity contribution is 6.00. The summed E-state index contributed by atoms with van der Waals surface area (Å²) in [7, 11) is 0. The van der Waals surface area contributed by atoms with Crippen molar-refractivity contribution in [2.45, 2.75) is 43.6 Å². The molecule has 3 N–H and O–H groups in total. The van der Waals surface area contributed by atoms with E-state index in [1.54, 1.807) is 17.0 Å². The number of benzene rings is 1. The van der Waals surface area contributed by atoms with Gasteiger partial charge in [-0.05, 0) is 37.0 Å². The lowest BCUT2D eigenvalue weighted by atomic mass is 9.87. The van der Waals surface area contributed by atoms with Gasteiger partial charge in [0.25, 0.3) is 0 Å². The van der Waals surface area contributed by atoms with Crippen LogP contribution in [0, 0.1) is 5.82 Å². The number of halogens is 1. The molecule has 4 rings (SSSR count). The molecule has 0 spiro atoms. The topological polar surface area (TPSA) is 102 Å². The molecule has 31 heavy (non-hydrogen) atoms. The number of piperazine rings is 1. The number of anilines is 1. The molecule has 9 heteroatoms. The molecular formula is C22H29FN4O4. The Bertz CT molecular complexity index is 863. The van der Waals surface area contributed by atoms with E-state index in [-0.39, 0.29) is 30.6 Å². The van der Waals surface area contributed by atoms with E-state index in [1.807, 2.05) is 4.90 Å². The lowest BCUT2D eigenvalue weighted by Crippen LogP contribution is -2.51. The molecule has 1 aromatic rings. The fourth-order valence-electron chi connectivity index (χ4n) is 4.66. The summed E-state index contributed by atoms with van der Waals surface area (Å²) in [6.45, 7) is 3.75. The fraction of sp³-hybridized carbons (Fsp3) is 0.591. The van der Waals surface area contributed by atoms with E-state index in [0.717, 1.165) is 13.1 Å². The standard InChI is InChI=1S/C22H29FN4O4/c23-17-13-15(16-2-4-19(28)25-21(16)30)1-3-18(17)26-9-5-22(31,6-10-26)14-20(29)27-11-7-24-8-12-27/h1,3,13,16,24,31H,2,4-12,14H2,(H,25,28,30)/t16-/m1/s1. The third-order valence-corrected chi connectivity index (χ3v) is 6.60. The van der Waals surface area contributed by atoms with Gasteiger partial charge >= 0.3 is 0 Å². The molecule has 1 aromatic carbocycles. The van der Waals surface area contributed by atoms with Gasteiger partial charge in [-0.25, -0.2) is 4.39 Å². The first kappa shape index (κ1) is 21.7. The van der Waals surface area contributed by atoms with Crippen molar-refractivity contribution in [1.29, 1.82) is 0 Å². The summed E-state index contributed by atoms with van der Waals surface area (Å²) in [6.07, 6.45) is 1.49. The van der Waals surface area contributed by atoms with Crippen molar-refractivity contribution in [3.63, 3.8) is 0 Å². The van der Waals surface area contributed by atoms with Crippen molar-refractivity contribution >= 4 is 23.4 Å². The van der Waals surface area contributed by atoms with Crippen LogP contribution in [0.1, 0.15) is 43.6 Å². The van der Waals surface area contributed by atoms with Gasteiger partial charge in [0.1, 0.15) is 5.82 Å². The van der Waals surface area contributed by atoms with E-state index in [1.165, 1.54) is 6.07 Å². The van der Waals surface area contributed by atoms with Gasteiger partial charge in [0.15, 0.2) is 0 Å². The lowest BCUT2D eigenvalue weighted by Gasteiger charge is -2.40. The van der Waals surface area contributed by atoms with Crippen LogP contribution < -0.4 is 15.5 Å². The minimum absolute atomic E-state index is 0.0303. The van der Waals surface area contributed by atoms with E-state index in [2.05, 4.69) is 10.6 Å². The van der Waals surface area contributed by atoms with Gasteiger partial charge in [-0.1, -0.05) is 6.07 Å². The van der Waals surface area contributed by atoms with Crippen LogP contribution in [0.3, 0.4) is 0 Å². The zero-order chi connectivity index (χ0) is 22.0. The predicted octanol–water partition coefficient (Wildman–Crippen LogP) is 0.499. The molecule has 3 amide bonds. The number of hydrogen-bond donors (Lipinski definition) is 3. The summed E-state index contributed by atoms with van der Waals surface area (Å²) >= 11 is 0. The summed E-state index contributed by atoms with van der Waals surface area (Å²) in [5.41, 5.74) is -0.0883. The quantitative estimate of drug-likeness (QED) is 0.599. The Kier molecular flexibility index (Phi) is 6.24. The van der Waals surface area contributed by atoms with Crippen LogP contribution in [0.5, 0.6) is 0 Å². The smallest absolute Gasteiger partial charge is 0.234 e. The number of carbonyl (C=O) groups excluding carboxylic acids is 3. The number of nitrogens with zero attached hydrogens (tertiary/aromatic N) is 2. The van der Waals surface area contributed by atoms with Gasteiger partial charge in [-0.3, -0.25) is 19.7 Å². The molecule has 0 unspecified atom stereocenters. The zero-order valence-corrected chi connectivity index (χ0v) is 17.5. The van der Waals surface area contributed by atoms with Gasteiger partial charge < -0.3 is 20.2 Å². The maximum atomic E-state index is 14.9. The van der Waals surface area contributed by atoms with E-state index in [4.69, 9.17) is 0 Å². The van der Waals surface area contributed by atoms with Gasteiger partial charge in [0.2, 0.25) is 17.7 Å². The van der Waals surface area contributed by atoms with Crippen LogP contribution in [0.15, 0.2) is 18.2 Å². The fourth-order valence-corrected chi connectivity index (χ4v) is 4.66. The molecule has 0 aromatic heterocycles. The minimum Gasteiger partial charge on any atom is -0.389 e. The van der Waals surface area contributed by atoms with Gasteiger partial charge in [0.05, 0.1) is 23.6 Å². The van der Waals surface area contributed by atoms with Crippen LogP contribution in [-0.2, 0) is 14.4 Å². The molecule has 3 aliphatic heterocycles. The highest BCUT2D eigenvalue weighted by Crippen LogP contribution is 2.33. The number of piperidine rings is 2. The number of carbonyl (C=O) groups is 3. The maximum Gasteiger partial charge on any atom is 0.234 e. The van der Waals surface area contributed by atoms with E-state index in [0.29, 0.717) is 56.7 Å². The Morgan fingerprint density at radius 1 is 1.16 bits per heavy atom. The van der Waals surface area contributed by atoms with Crippen LogP contribution in [0.25, 0.3) is 0 Å². The van der Waals surface area contributed by atoms with E-state index in [9.17, 15) is 23.9 Å². The number of aliphatic hydroxyl groups is 1. The third kappa shape index (κ3) is 4.88. The molecule has 168 valence electrons. The molecule has 3 aliphatic rings. The van der Waals surface area contributed by atoms with Gasteiger partial charge in [-0.15, -0.1) is 0 Å². The number of imide groups is 1. The van der Waals surface area contributed by atoms with E-state index < -0.39 is 17.3 Å². The Morgan fingerprint density at radius 3 is 2.52 bits per heavy atom. The second-order valence-electron chi connectivity index (χ2n) is 8.73. The van der Waals surface area contributed by atoms with Crippen molar-refractivity contribution in [3.8, 4) is 0 Å². The summed E-state index contributed by atoms with van der Waals surface area (Å²) in [4.78, 5) is 39.6. The van der Waals surface area contributed by atoms with Gasteiger partial charge in [0, 0.05) is 45.7 Å². The molecule has 0 bridgehead atoms. The number of hydrogen-bond acceptors (Lipinski definition) is 6. The summed E-state index contributed by atoms with van der Waals surface area (Å²) in [5.74, 6) is -1.67. The molecule has 1 atom stereocenters. The van der Waals surface area contributed by atoms with Crippen molar-refractivity contribution in [2.24, 2.45) is 0 Å². The summed E-state index contributed by atoms with van der Waals surface area (Å²) in [6, 6.07) is 4.75. The van der Waals surface area contributed by atoms with Crippen LogP contribution in [0.2, 0.25) is 0 Å². The monoisotopic (exact) mass is 432 g/mol. The van der Waals surface area contributed by atoms with Crippen molar-refractivity contribution in [2.75, 3.05) is 44.2 Å². The molecule has 3 heterocycles. The first-order valence-electron chi connectivity index (χ1n) is 10.9. The molecular weight excluding hydrogens is 403 g/mol. The molecule has 3 fully saturated rings. The van der Waals surface area contributed by atoms with Crippen LogP contribution in [-0.4, -0.2) is 72.6 Å². The van der Waals surface area contributed by atoms with Crippen molar-refractivity contribution < 1.29 is 23.9 Å². The summed E-state index contributed by atoms with van der Waals surface area (Å²) < 4.78 is 14.9. The highest BCUT2D eigenvalue weighted by atomic mass is 19.1. The molecule has 0 aliphatic carbocycles. The van der Waals surface area contributed by atoms with Crippen molar-refractivity contribution in [3.05, 3.63) is 29.6 Å². The number of rotatable bonds is 4. The third-order valence-electron chi connectivity index (χ3n) is 6.60. The SMILES string of the molecule is O=C1CC[C@H](c2ccc(N3CCC(O)(CC(=O)N4CCNCC4)CC3)c(F)c2)C(=O)N1. The largest absolute Gasteiger partial charge is 0.389 e. The lowest BCUT2D eigenvalue weighted by molar-refractivity contribution is -0.138. The second kappa shape index (κ2) is 8.92. The Morgan fingerprint density at radius 2 is 1.87 bits per heavy atom. The summed E-state index contributed by atoms with van der Waals surface area (Å²) in [5, 5.41) is 16.4. The molecule has 3 saturated heterocycles. The minimum atomic E-state index is -1.07. The van der Waals surface area contributed by atoms with Crippen molar-refractivity contribution in [1.82, 2.24) is 15.5 Å². The second-order valence-corrected chi connectivity index (χ2v) is 8.73. The van der Waals surface area contributed by atoms with Crippen LogP contribution >= 0.6 is 0 Å². The Hall–Kier alpha value is -2.52. The normalized spacial score (nSPS) is 24.1.